The van der Waals surface area contributed by atoms with E-state index in [0.717, 1.165) is 16.9 Å². The van der Waals surface area contributed by atoms with Gasteiger partial charge in [0.05, 0.1) is 7.11 Å². The summed E-state index contributed by atoms with van der Waals surface area (Å²) in [5, 5.41) is 2.81. The van der Waals surface area contributed by atoms with E-state index in [-0.39, 0.29) is 12.5 Å². The molecule has 1 amide bonds. The van der Waals surface area contributed by atoms with Crippen molar-refractivity contribution in [3.05, 3.63) is 59.7 Å². The smallest absolute Gasteiger partial charge is 0.258 e. The van der Waals surface area contributed by atoms with Gasteiger partial charge in [-0.25, -0.2) is 0 Å². The van der Waals surface area contributed by atoms with E-state index in [1.54, 1.807) is 13.2 Å². The second kappa shape index (κ2) is 8.05. The molecule has 0 bridgehead atoms. The molecule has 0 heterocycles. The number of carbonyl (C=O) groups excluding carboxylic acids is 1. The van der Waals surface area contributed by atoms with Crippen LogP contribution in [0.15, 0.2) is 48.5 Å². The minimum Gasteiger partial charge on any atom is -0.496 e. The number of para-hydroxylation sites is 2. The van der Waals surface area contributed by atoms with Gasteiger partial charge in [0.1, 0.15) is 11.5 Å². The fraction of sp³-hybridized carbons (Fsp3) is 0.235. The van der Waals surface area contributed by atoms with E-state index in [2.05, 4.69) is 5.32 Å². The highest BCUT2D eigenvalue weighted by Crippen LogP contribution is 2.18. The third-order valence-corrected chi connectivity index (χ3v) is 3.22. The molecule has 116 valence electrons. The van der Waals surface area contributed by atoms with Gasteiger partial charge in [-0.2, -0.15) is 0 Å². The van der Waals surface area contributed by atoms with E-state index >= 15 is 0 Å². The molecule has 0 saturated carbocycles. The first-order valence-corrected chi connectivity index (χ1v) is 7.04. The Labute approximate surface area is 130 Å². The minimum atomic E-state index is -0.197. The van der Waals surface area contributed by atoms with Crippen molar-refractivity contribution in [2.24, 2.45) is 5.73 Å². The molecule has 2 aromatic rings. The van der Waals surface area contributed by atoms with E-state index in [1.807, 2.05) is 42.5 Å². The van der Waals surface area contributed by atoms with Crippen LogP contribution in [-0.2, 0) is 17.9 Å². The maximum atomic E-state index is 11.9. The van der Waals surface area contributed by atoms with E-state index < -0.39 is 0 Å². The predicted octanol–water partition coefficient (Wildman–Crippen LogP) is 1.85. The van der Waals surface area contributed by atoms with Crippen LogP contribution in [-0.4, -0.2) is 19.6 Å². The van der Waals surface area contributed by atoms with E-state index in [4.69, 9.17) is 15.2 Å². The van der Waals surface area contributed by atoms with Crippen LogP contribution in [0.25, 0.3) is 0 Å². The lowest BCUT2D eigenvalue weighted by atomic mass is 10.2. The number of amides is 1. The third kappa shape index (κ3) is 4.23. The number of ether oxygens (including phenoxy) is 2. The van der Waals surface area contributed by atoms with E-state index in [9.17, 15) is 4.79 Å². The molecule has 5 nitrogen and oxygen atoms in total. The number of carbonyl (C=O) groups is 1. The molecule has 2 aromatic carbocycles. The Balaban J connectivity index is 1.86. The summed E-state index contributed by atoms with van der Waals surface area (Å²) in [6.07, 6.45) is 0. The highest BCUT2D eigenvalue weighted by atomic mass is 16.5. The van der Waals surface area contributed by atoms with Crippen LogP contribution in [0.4, 0.5) is 0 Å². The molecule has 5 heteroatoms. The van der Waals surface area contributed by atoms with Gasteiger partial charge in [0.15, 0.2) is 6.61 Å². The maximum Gasteiger partial charge on any atom is 0.258 e. The van der Waals surface area contributed by atoms with Crippen LogP contribution in [0.5, 0.6) is 11.5 Å². The van der Waals surface area contributed by atoms with Gasteiger partial charge in [-0.3, -0.25) is 4.79 Å². The number of hydrogen-bond acceptors (Lipinski definition) is 4. The highest BCUT2D eigenvalue weighted by molar-refractivity contribution is 5.77. The van der Waals surface area contributed by atoms with Gasteiger partial charge >= 0.3 is 0 Å². The Kier molecular flexibility index (Phi) is 5.80. The lowest BCUT2D eigenvalue weighted by Crippen LogP contribution is -2.28. The van der Waals surface area contributed by atoms with Crippen LogP contribution in [0.1, 0.15) is 11.1 Å². The second-order valence-electron chi connectivity index (χ2n) is 4.69. The van der Waals surface area contributed by atoms with E-state index in [1.165, 1.54) is 0 Å². The van der Waals surface area contributed by atoms with Crippen LogP contribution >= 0.6 is 0 Å². The van der Waals surface area contributed by atoms with Gasteiger partial charge in [-0.15, -0.1) is 0 Å². The van der Waals surface area contributed by atoms with Gasteiger partial charge in [-0.05, 0) is 12.1 Å². The molecule has 2 rings (SSSR count). The average molecular weight is 300 g/mol. The second-order valence-corrected chi connectivity index (χ2v) is 4.69. The van der Waals surface area contributed by atoms with Crippen molar-refractivity contribution in [3.63, 3.8) is 0 Å². The predicted molar refractivity (Wildman–Crippen MR) is 84.7 cm³/mol. The average Bonchev–Trinajstić information content (AvgIpc) is 2.58. The first-order valence-electron chi connectivity index (χ1n) is 7.04. The van der Waals surface area contributed by atoms with Gasteiger partial charge in [0, 0.05) is 24.2 Å². The number of hydrogen-bond donors (Lipinski definition) is 2. The quantitative estimate of drug-likeness (QED) is 0.818. The maximum absolute atomic E-state index is 11.9. The van der Waals surface area contributed by atoms with Crippen LogP contribution < -0.4 is 20.5 Å². The summed E-state index contributed by atoms with van der Waals surface area (Å²) in [5.41, 5.74) is 7.42. The summed E-state index contributed by atoms with van der Waals surface area (Å²) in [6, 6.07) is 15.0. The molecule has 0 radical (unpaired) electrons. The SMILES string of the molecule is COc1ccccc1CNC(=O)COc1ccccc1CN. The zero-order chi connectivity index (χ0) is 15.8. The van der Waals surface area contributed by atoms with Crippen molar-refractivity contribution < 1.29 is 14.3 Å². The highest BCUT2D eigenvalue weighted by Gasteiger charge is 2.07. The van der Waals surface area contributed by atoms with Crippen molar-refractivity contribution in [2.75, 3.05) is 13.7 Å². The third-order valence-electron chi connectivity index (χ3n) is 3.22. The van der Waals surface area contributed by atoms with Crippen molar-refractivity contribution in [1.29, 1.82) is 0 Å². The van der Waals surface area contributed by atoms with Crippen molar-refractivity contribution in [3.8, 4) is 11.5 Å². The van der Waals surface area contributed by atoms with Gasteiger partial charge in [-0.1, -0.05) is 36.4 Å². The summed E-state index contributed by atoms with van der Waals surface area (Å²) in [6.45, 7) is 0.718. The summed E-state index contributed by atoms with van der Waals surface area (Å²) in [7, 11) is 1.60. The Hall–Kier alpha value is -2.53. The zero-order valence-corrected chi connectivity index (χ0v) is 12.5. The molecule has 3 N–H and O–H groups in total. The molecule has 22 heavy (non-hydrogen) atoms. The number of methoxy groups -OCH3 is 1. The number of nitrogens with two attached hydrogens (primary N) is 1. The molecule has 0 fully saturated rings. The molecule has 0 aromatic heterocycles. The lowest BCUT2D eigenvalue weighted by Gasteiger charge is -2.11. The largest absolute Gasteiger partial charge is 0.496 e. The Morgan fingerprint density at radius 1 is 1.05 bits per heavy atom. The molecule has 0 aliphatic rings. The van der Waals surface area contributed by atoms with Gasteiger partial charge in [0.25, 0.3) is 5.91 Å². The van der Waals surface area contributed by atoms with Gasteiger partial charge < -0.3 is 20.5 Å². The summed E-state index contributed by atoms with van der Waals surface area (Å²) >= 11 is 0. The fourth-order valence-corrected chi connectivity index (χ4v) is 2.05. The first-order chi connectivity index (χ1) is 10.7. The van der Waals surface area contributed by atoms with E-state index in [0.29, 0.717) is 18.8 Å². The number of nitrogens with one attached hydrogen (secondary N) is 1. The van der Waals surface area contributed by atoms with Crippen molar-refractivity contribution in [1.82, 2.24) is 5.32 Å². The normalized spacial score (nSPS) is 10.1. The number of benzene rings is 2. The first kappa shape index (κ1) is 15.9. The summed E-state index contributed by atoms with van der Waals surface area (Å²) in [4.78, 5) is 11.9. The molecule has 0 atom stereocenters. The molecular weight excluding hydrogens is 280 g/mol. The summed E-state index contributed by atoms with van der Waals surface area (Å²) in [5.74, 6) is 1.19. The zero-order valence-electron chi connectivity index (χ0n) is 12.5. The number of rotatable bonds is 7. The molecule has 0 aliphatic carbocycles. The Bertz CT molecular complexity index is 575. The molecular formula is C17H20N2O3. The molecule has 0 spiro atoms. The van der Waals surface area contributed by atoms with Crippen molar-refractivity contribution in [2.45, 2.75) is 13.1 Å². The summed E-state index contributed by atoms with van der Waals surface area (Å²) < 4.78 is 10.8. The lowest BCUT2D eigenvalue weighted by molar-refractivity contribution is -0.123. The topological polar surface area (TPSA) is 73.6 Å². The standard InChI is InChI=1S/C17H20N2O3/c1-21-15-8-4-3-7-14(15)11-19-17(20)12-22-16-9-5-2-6-13(16)10-18/h2-9H,10-12,18H2,1H3,(H,19,20). The van der Waals surface area contributed by atoms with Crippen LogP contribution in [0.3, 0.4) is 0 Å². The molecule has 0 unspecified atom stereocenters. The minimum absolute atomic E-state index is 0.0494. The van der Waals surface area contributed by atoms with Gasteiger partial charge in [0.2, 0.25) is 0 Å². The Morgan fingerprint density at radius 3 is 2.36 bits per heavy atom. The van der Waals surface area contributed by atoms with Crippen molar-refractivity contribution >= 4 is 5.91 Å². The van der Waals surface area contributed by atoms with Crippen LogP contribution in [0, 0.1) is 0 Å². The fourth-order valence-electron chi connectivity index (χ4n) is 2.05. The molecule has 0 aliphatic heterocycles. The Morgan fingerprint density at radius 2 is 1.68 bits per heavy atom. The monoisotopic (exact) mass is 300 g/mol. The van der Waals surface area contributed by atoms with Crippen LogP contribution in [0.2, 0.25) is 0 Å². The molecule has 0 saturated heterocycles.